The maximum absolute atomic E-state index is 12.8. The number of rotatable bonds is 4. The molecular weight excluding hydrogens is 302 g/mol. The predicted molar refractivity (Wildman–Crippen MR) is 97.3 cm³/mol. The van der Waals surface area contributed by atoms with Crippen LogP contribution in [0.2, 0.25) is 0 Å². The van der Waals surface area contributed by atoms with Gasteiger partial charge in [0, 0.05) is 24.5 Å². The Labute approximate surface area is 141 Å². The molecule has 1 fully saturated rings. The van der Waals surface area contributed by atoms with Crippen LogP contribution in [0, 0.1) is 5.92 Å². The molecule has 2 aromatic rings. The van der Waals surface area contributed by atoms with Crippen LogP contribution in [0.1, 0.15) is 55.9 Å². The minimum absolute atomic E-state index is 0.188. The van der Waals surface area contributed by atoms with Crippen molar-refractivity contribution in [3.63, 3.8) is 0 Å². The van der Waals surface area contributed by atoms with Crippen molar-refractivity contribution in [2.75, 3.05) is 12.3 Å². The van der Waals surface area contributed by atoms with E-state index in [1.807, 2.05) is 26.0 Å². The average molecular weight is 327 g/mol. The summed E-state index contributed by atoms with van der Waals surface area (Å²) in [4.78, 5) is 25.4. The molecule has 0 saturated heterocycles. The van der Waals surface area contributed by atoms with Crippen molar-refractivity contribution in [1.82, 2.24) is 9.88 Å². The van der Waals surface area contributed by atoms with Gasteiger partial charge in [-0.1, -0.05) is 32.8 Å². The highest BCUT2D eigenvalue weighted by Crippen LogP contribution is 2.32. The number of carbonyl (C=O) groups excluding carboxylic acids is 1. The standard InChI is InChI=1S/C19H25N3O2/c1-12(2)10-21-19(24)14-11-22(13-6-3-4-7-13)16-9-5-8-15(20)17(16)18(14)23/h5,8-9,11-13H,3-4,6-7,10,20H2,1-2H3,(H,21,24). The highest BCUT2D eigenvalue weighted by atomic mass is 16.2. The SMILES string of the molecule is CC(C)CNC(=O)c1cn(C2CCCC2)c2cccc(N)c2c1=O. The second-order valence-corrected chi connectivity index (χ2v) is 7.06. The van der Waals surface area contributed by atoms with Crippen molar-refractivity contribution in [1.29, 1.82) is 0 Å². The molecule has 1 heterocycles. The van der Waals surface area contributed by atoms with Gasteiger partial charge in [0.2, 0.25) is 5.43 Å². The second kappa shape index (κ2) is 6.67. The van der Waals surface area contributed by atoms with E-state index < -0.39 is 0 Å². The molecular formula is C19H25N3O2. The van der Waals surface area contributed by atoms with Crippen LogP contribution < -0.4 is 16.5 Å². The third kappa shape index (κ3) is 3.03. The van der Waals surface area contributed by atoms with E-state index in [-0.39, 0.29) is 16.9 Å². The zero-order valence-electron chi connectivity index (χ0n) is 14.3. The minimum atomic E-state index is -0.314. The van der Waals surface area contributed by atoms with Crippen molar-refractivity contribution in [2.24, 2.45) is 5.92 Å². The Hall–Kier alpha value is -2.30. The predicted octanol–water partition coefficient (Wildman–Crippen LogP) is 3.08. The second-order valence-electron chi connectivity index (χ2n) is 7.06. The number of anilines is 1. The maximum Gasteiger partial charge on any atom is 0.256 e. The lowest BCUT2D eigenvalue weighted by Gasteiger charge is -2.20. The van der Waals surface area contributed by atoms with Gasteiger partial charge in [0.05, 0.1) is 10.9 Å². The first-order chi connectivity index (χ1) is 11.5. The number of aromatic nitrogens is 1. The number of amides is 1. The van der Waals surface area contributed by atoms with Gasteiger partial charge in [0.1, 0.15) is 5.56 Å². The fourth-order valence-electron chi connectivity index (χ4n) is 3.46. The van der Waals surface area contributed by atoms with Crippen molar-refractivity contribution in [3.05, 3.63) is 40.2 Å². The normalized spacial score (nSPS) is 15.3. The Bertz CT molecular complexity index is 817. The summed E-state index contributed by atoms with van der Waals surface area (Å²) in [5, 5.41) is 3.31. The van der Waals surface area contributed by atoms with Gasteiger partial charge < -0.3 is 15.6 Å². The fraction of sp³-hybridized carbons (Fsp3) is 0.474. The van der Waals surface area contributed by atoms with Gasteiger partial charge in [-0.25, -0.2) is 0 Å². The Morgan fingerprint density at radius 2 is 2.04 bits per heavy atom. The zero-order valence-corrected chi connectivity index (χ0v) is 14.3. The van der Waals surface area contributed by atoms with Gasteiger partial charge in [0.15, 0.2) is 0 Å². The molecule has 128 valence electrons. The molecule has 3 N–H and O–H groups in total. The van der Waals surface area contributed by atoms with Gasteiger partial charge in [-0.05, 0) is 30.9 Å². The number of nitrogens with two attached hydrogens (primary N) is 1. The smallest absolute Gasteiger partial charge is 0.256 e. The molecule has 1 aromatic heterocycles. The average Bonchev–Trinajstić information content (AvgIpc) is 3.07. The summed E-state index contributed by atoms with van der Waals surface area (Å²) in [6.45, 7) is 4.59. The molecule has 24 heavy (non-hydrogen) atoms. The highest BCUT2D eigenvalue weighted by molar-refractivity contribution is 6.00. The lowest BCUT2D eigenvalue weighted by molar-refractivity contribution is 0.0947. The molecule has 0 radical (unpaired) electrons. The number of benzene rings is 1. The largest absolute Gasteiger partial charge is 0.398 e. The number of hydrogen-bond donors (Lipinski definition) is 2. The lowest BCUT2D eigenvalue weighted by atomic mass is 10.1. The van der Waals surface area contributed by atoms with E-state index in [9.17, 15) is 9.59 Å². The van der Waals surface area contributed by atoms with Crippen LogP contribution >= 0.6 is 0 Å². The Kier molecular flexibility index (Phi) is 4.60. The monoisotopic (exact) mass is 327 g/mol. The highest BCUT2D eigenvalue weighted by Gasteiger charge is 2.22. The molecule has 0 aliphatic heterocycles. The first kappa shape index (κ1) is 16.6. The summed E-state index contributed by atoms with van der Waals surface area (Å²) in [5.41, 5.74) is 7.24. The van der Waals surface area contributed by atoms with Crippen LogP contribution in [0.15, 0.2) is 29.2 Å². The topological polar surface area (TPSA) is 77.1 Å². The van der Waals surface area contributed by atoms with Crippen LogP contribution in [-0.4, -0.2) is 17.0 Å². The van der Waals surface area contributed by atoms with Gasteiger partial charge in [-0.3, -0.25) is 9.59 Å². The molecule has 3 rings (SSSR count). The molecule has 5 heteroatoms. The number of carbonyl (C=O) groups is 1. The molecule has 0 bridgehead atoms. The summed E-state index contributed by atoms with van der Waals surface area (Å²) in [5.74, 6) is 0.0159. The summed E-state index contributed by atoms with van der Waals surface area (Å²) in [6.07, 6.45) is 6.22. The quantitative estimate of drug-likeness (QED) is 0.847. The van der Waals surface area contributed by atoms with E-state index >= 15 is 0 Å². The third-order valence-electron chi connectivity index (χ3n) is 4.73. The number of nitrogens with one attached hydrogen (secondary N) is 1. The van der Waals surface area contributed by atoms with Gasteiger partial charge >= 0.3 is 0 Å². The lowest BCUT2D eigenvalue weighted by Crippen LogP contribution is -2.32. The van der Waals surface area contributed by atoms with Crippen molar-refractivity contribution >= 4 is 22.5 Å². The zero-order chi connectivity index (χ0) is 17.3. The van der Waals surface area contributed by atoms with E-state index in [0.717, 1.165) is 18.4 Å². The Morgan fingerprint density at radius 3 is 2.71 bits per heavy atom. The molecule has 0 unspecified atom stereocenters. The van der Waals surface area contributed by atoms with E-state index in [1.165, 1.54) is 12.8 Å². The number of hydrogen-bond acceptors (Lipinski definition) is 3. The van der Waals surface area contributed by atoms with Gasteiger partial charge in [0.25, 0.3) is 5.91 Å². The summed E-state index contributed by atoms with van der Waals surface area (Å²) < 4.78 is 2.09. The van der Waals surface area contributed by atoms with E-state index in [2.05, 4.69) is 9.88 Å². The minimum Gasteiger partial charge on any atom is -0.398 e. The van der Waals surface area contributed by atoms with Crippen LogP contribution in [0.4, 0.5) is 5.69 Å². The van der Waals surface area contributed by atoms with Crippen molar-refractivity contribution in [2.45, 2.75) is 45.6 Å². The first-order valence-corrected chi connectivity index (χ1v) is 8.70. The summed E-state index contributed by atoms with van der Waals surface area (Å²) in [7, 11) is 0. The van der Waals surface area contributed by atoms with E-state index in [1.54, 1.807) is 12.3 Å². The van der Waals surface area contributed by atoms with E-state index in [0.29, 0.717) is 29.6 Å². The number of nitrogen functional groups attached to an aromatic ring is 1. The van der Waals surface area contributed by atoms with Crippen LogP contribution in [0.3, 0.4) is 0 Å². The molecule has 0 atom stereocenters. The molecule has 1 aromatic carbocycles. The molecule has 1 aliphatic rings. The Morgan fingerprint density at radius 1 is 1.33 bits per heavy atom. The number of fused-ring (bicyclic) bond motifs is 1. The van der Waals surface area contributed by atoms with Crippen molar-refractivity contribution < 1.29 is 4.79 Å². The van der Waals surface area contributed by atoms with Gasteiger partial charge in [-0.15, -0.1) is 0 Å². The molecule has 1 saturated carbocycles. The van der Waals surface area contributed by atoms with Gasteiger partial charge in [-0.2, -0.15) is 0 Å². The van der Waals surface area contributed by atoms with Crippen LogP contribution in [0.25, 0.3) is 10.9 Å². The summed E-state index contributed by atoms with van der Waals surface area (Å²) >= 11 is 0. The fourth-order valence-corrected chi connectivity index (χ4v) is 3.46. The molecule has 5 nitrogen and oxygen atoms in total. The van der Waals surface area contributed by atoms with E-state index in [4.69, 9.17) is 5.73 Å². The maximum atomic E-state index is 12.8. The molecule has 0 spiro atoms. The van der Waals surface area contributed by atoms with Crippen molar-refractivity contribution in [3.8, 4) is 0 Å². The third-order valence-corrected chi connectivity index (χ3v) is 4.73. The Balaban J connectivity index is 2.15. The summed E-state index contributed by atoms with van der Waals surface area (Å²) in [6, 6.07) is 5.83. The first-order valence-electron chi connectivity index (χ1n) is 8.70. The molecule has 1 amide bonds. The van der Waals surface area contributed by atoms with Crippen LogP contribution in [-0.2, 0) is 0 Å². The number of nitrogens with zero attached hydrogens (tertiary/aromatic N) is 1. The number of pyridine rings is 1. The molecule has 1 aliphatic carbocycles. The van der Waals surface area contributed by atoms with Crippen LogP contribution in [0.5, 0.6) is 0 Å².